The van der Waals surface area contributed by atoms with E-state index in [0.717, 1.165) is 5.56 Å². The standard InChI is InChI=1S/C13H17FN2O/c1-10(7-15)8-16(2)9-11-4-5-13(17-3)12(14)6-11/h4-6,10H,8-9H2,1-3H3. The molecule has 92 valence electrons. The van der Waals surface area contributed by atoms with E-state index in [1.54, 1.807) is 6.07 Å². The fourth-order valence-electron chi connectivity index (χ4n) is 1.69. The number of nitriles is 1. The van der Waals surface area contributed by atoms with E-state index in [1.807, 2.05) is 24.9 Å². The van der Waals surface area contributed by atoms with Crippen molar-refractivity contribution >= 4 is 0 Å². The maximum Gasteiger partial charge on any atom is 0.165 e. The Hall–Kier alpha value is -1.60. The third-order valence-electron chi connectivity index (χ3n) is 2.47. The Morgan fingerprint density at radius 1 is 1.53 bits per heavy atom. The molecule has 0 N–H and O–H groups in total. The quantitative estimate of drug-likeness (QED) is 0.787. The average Bonchev–Trinajstić information content (AvgIpc) is 2.29. The zero-order valence-corrected chi connectivity index (χ0v) is 10.4. The third-order valence-corrected chi connectivity index (χ3v) is 2.47. The largest absolute Gasteiger partial charge is 0.494 e. The van der Waals surface area contributed by atoms with Crippen LogP contribution in [0, 0.1) is 23.1 Å². The summed E-state index contributed by atoms with van der Waals surface area (Å²) in [6.07, 6.45) is 0. The number of rotatable bonds is 5. The van der Waals surface area contributed by atoms with Crippen molar-refractivity contribution in [3.8, 4) is 11.8 Å². The lowest BCUT2D eigenvalue weighted by atomic mass is 10.1. The lowest BCUT2D eigenvalue weighted by Gasteiger charge is -2.18. The van der Waals surface area contributed by atoms with Crippen molar-refractivity contribution in [2.45, 2.75) is 13.5 Å². The van der Waals surface area contributed by atoms with Gasteiger partial charge < -0.3 is 9.64 Å². The van der Waals surface area contributed by atoms with Gasteiger partial charge in [0, 0.05) is 13.1 Å². The van der Waals surface area contributed by atoms with E-state index < -0.39 is 0 Å². The number of hydrogen-bond acceptors (Lipinski definition) is 3. The molecule has 0 aromatic heterocycles. The number of nitrogens with zero attached hydrogens (tertiary/aromatic N) is 2. The van der Waals surface area contributed by atoms with Crippen LogP contribution in [-0.2, 0) is 6.54 Å². The van der Waals surface area contributed by atoms with Gasteiger partial charge in [0.1, 0.15) is 0 Å². The summed E-state index contributed by atoms with van der Waals surface area (Å²) in [6, 6.07) is 7.09. The number of ether oxygens (including phenoxy) is 1. The molecule has 0 saturated carbocycles. The van der Waals surface area contributed by atoms with Gasteiger partial charge in [-0.25, -0.2) is 4.39 Å². The Bertz CT molecular complexity index is 414. The van der Waals surface area contributed by atoms with E-state index in [1.165, 1.54) is 13.2 Å². The molecule has 1 aromatic rings. The van der Waals surface area contributed by atoms with Crippen molar-refractivity contribution in [3.05, 3.63) is 29.6 Å². The summed E-state index contributed by atoms with van der Waals surface area (Å²) in [5.41, 5.74) is 0.871. The monoisotopic (exact) mass is 236 g/mol. The van der Waals surface area contributed by atoms with E-state index in [4.69, 9.17) is 10.00 Å². The second-order valence-corrected chi connectivity index (χ2v) is 4.20. The number of hydrogen-bond donors (Lipinski definition) is 0. The van der Waals surface area contributed by atoms with Crippen LogP contribution in [0.2, 0.25) is 0 Å². The zero-order chi connectivity index (χ0) is 12.8. The number of benzene rings is 1. The van der Waals surface area contributed by atoms with Gasteiger partial charge in [-0.05, 0) is 31.7 Å². The van der Waals surface area contributed by atoms with Crippen LogP contribution in [0.4, 0.5) is 4.39 Å². The summed E-state index contributed by atoms with van der Waals surface area (Å²) in [5.74, 6) is -0.128. The predicted octanol–water partition coefficient (Wildman–Crippen LogP) is 2.43. The molecule has 0 amide bonds. The molecule has 1 unspecified atom stereocenters. The van der Waals surface area contributed by atoms with Crippen molar-refractivity contribution in [2.75, 3.05) is 20.7 Å². The van der Waals surface area contributed by atoms with Crippen molar-refractivity contribution in [1.82, 2.24) is 4.90 Å². The first-order valence-electron chi connectivity index (χ1n) is 5.47. The third kappa shape index (κ3) is 4.04. The molecule has 1 aromatic carbocycles. The average molecular weight is 236 g/mol. The molecular formula is C13H17FN2O. The summed E-state index contributed by atoms with van der Waals surface area (Å²) in [4.78, 5) is 2.00. The van der Waals surface area contributed by atoms with E-state index >= 15 is 0 Å². The molecule has 4 heteroatoms. The van der Waals surface area contributed by atoms with Gasteiger partial charge in [-0.2, -0.15) is 5.26 Å². The Morgan fingerprint density at radius 3 is 2.76 bits per heavy atom. The van der Waals surface area contributed by atoms with Gasteiger partial charge >= 0.3 is 0 Å². The van der Waals surface area contributed by atoms with Crippen LogP contribution in [0.25, 0.3) is 0 Å². The van der Waals surface area contributed by atoms with E-state index in [0.29, 0.717) is 13.1 Å². The molecule has 1 atom stereocenters. The SMILES string of the molecule is COc1ccc(CN(C)CC(C)C#N)cc1F. The molecule has 0 aliphatic heterocycles. The van der Waals surface area contributed by atoms with Crippen LogP contribution >= 0.6 is 0 Å². The van der Waals surface area contributed by atoms with Gasteiger partial charge in [0.15, 0.2) is 11.6 Å². The van der Waals surface area contributed by atoms with Gasteiger partial charge in [-0.3, -0.25) is 0 Å². The summed E-state index contributed by atoms with van der Waals surface area (Å²) < 4.78 is 18.3. The van der Waals surface area contributed by atoms with Crippen LogP contribution in [0.3, 0.4) is 0 Å². The minimum Gasteiger partial charge on any atom is -0.494 e. The van der Waals surface area contributed by atoms with Crippen LogP contribution in [0.1, 0.15) is 12.5 Å². The normalized spacial score (nSPS) is 12.2. The molecule has 0 saturated heterocycles. The minimum atomic E-state index is -0.355. The van der Waals surface area contributed by atoms with Crippen molar-refractivity contribution < 1.29 is 9.13 Å². The van der Waals surface area contributed by atoms with E-state index in [-0.39, 0.29) is 17.5 Å². The van der Waals surface area contributed by atoms with E-state index in [2.05, 4.69) is 6.07 Å². The highest BCUT2D eigenvalue weighted by atomic mass is 19.1. The molecule has 0 spiro atoms. The summed E-state index contributed by atoms with van der Waals surface area (Å²) in [5, 5.41) is 8.71. The van der Waals surface area contributed by atoms with Crippen LogP contribution < -0.4 is 4.74 Å². The first kappa shape index (κ1) is 13.5. The van der Waals surface area contributed by atoms with Crippen LogP contribution in [0.5, 0.6) is 5.75 Å². The Morgan fingerprint density at radius 2 is 2.24 bits per heavy atom. The molecule has 0 aliphatic carbocycles. The van der Waals surface area contributed by atoms with Crippen molar-refractivity contribution in [3.63, 3.8) is 0 Å². The smallest absolute Gasteiger partial charge is 0.165 e. The highest BCUT2D eigenvalue weighted by Gasteiger charge is 2.08. The summed E-state index contributed by atoms with van der Waals surface area (Å²) in [7, 11) is 3.36. The molecular weight excluding hydrogens is 219 g/mol. The highest BCUT2D eigenvalue weighted by molar-refractivity contribution is 5.29. The first-order valence-corrected chi connectivity index (χ1v) is 5.47. The molecule has 0 aliphatic rings. The fourth-order valence-corrected chi connectivity index (χ4v) is 1.69. The lowest BCUT2D eigenvalue weighted by Crippen LogP contribution is -2.23. The first-order chi connectivity index (χ1) is 8.06. The topological polar surface area (TPSA) is 36.3 Å². The van der Waals surface area contributed by atoms with E-state index in [9.17, 15) is 4.39 Å². The summed E-state index contributed by atoms with van der Waals surface area (Å²) >= 11 is 0. The zero-order valence-electron chi connectivity index (χ0n) is 10.4. The molecule has 0 heterocycles. The summed E-state index contributed by atoms with van der Waals surface area (Å²) in [6.45, 7) is 3.15. The molecule has 0 fully saturated rings. The maximum atomic E-state index is 13.4. The van der Waals surface area contributed by atoms with Crippen molar-refractivity contribution in [1.29, 1.82) is 5.26 Å². The Balaban J connectivity index is 2.63. The van der Waals surface area contributed by atoms with Crippen LogP contribution in [0.15, 0.2) is 18.2 Å². The predicted molar refractivity (Wildman–Crippen MR) is 64.1 cm³/mol. The van der Waals surface area contributed by atoms with Gasteiger partial charge in [-0.1, -0.05) is 6.07 Å². The number of methoxy groups -OCH3 is 1. The Kier molecular flexibility index (Phi) is 4.92. The highest BCUT2D eigenvalue weighted by Crippen LogP contribution is 2.18. The lowest BCUT2D eigenvalue weighted by molar-refractivity contribution is 0.302. The number of halogens is 1. The van der Waals surface area contributed by atoms with Gasteiger partial charge in [0.05, 0.1) is 19.1 Å². The second kappa shape index (κ2) is 6.21. The molecule has 1 rings (SSSR count). The molecule has 0 bridgehead atoms. The minimum absolute atomic E-state index is 0.0249. The fraction of sp³-hybridized carbons (Fsp3) is 0.462. The maximum absolute atomic E-state index is 13.4. The van der Waals surface area contributed by atoms with Gasteiger partial charge in [0.2, 0.25) is 0 Å². The molecule has 3 nitrogen and oxygen atoms in total. The molecule has 0 radical (unpaired) electrons. The Labute approximate surface area is 101 Å². The van der Waals surface area contributed by atoms with Crippen LogP contribution in [-0.4, -0.2) is 25.6 Å². The van der Waals surface area contributed by atoms with Gasteiger partial charge in [-0.15, -0.1) is 0 Å². The van der Waals surface area contributed by atoms with Gasteiger partial charge in [0.25, 0.3) is 0 Å². The second-order valence-electron chi connectivity index (χ2n) is 4.20. The molecule has 17 heavy (non-hydrogen) atoms. The van der Waals surface area contributed by atoms with Crippen molar-refractivity contribution in [2.24, 2.45) is 5.92 Å².